The van der Waals surface area contributed by atoms with Gasteiger partial charge >= 0.3 is 11.9 Å². The molecule has 0 fully saturated rings. The molecule has 1 aromatic rings. The van der Waals surface area contributed by atoms with Crippen molar-refractivity contribution in [3.05, 3.63) is 35.9 Å². The lowest BCUT2D eigenvalue weighted by Crippen LogP contribution is -2.53. The van der Waals surface area contributed by atoms with Gasteiger partial charge < -0.3 is 19.4 Å². The molecule has 0 amide bonds. The summed E-state index contributed by atoms with van der Waals surface area (Å²) in [5.41, 5.74) is 0.961. The van der Waals surface area contributed by atoms with Crippen molar-refractivity contribution >= 4 is 28.6 Å². The third kappa shape index (κ3) is 9.15. The lowest BCUT2D eigenvalue weighted by atomic mass is 10.2. The fourth-order valence-electron chi connectivity index (χ4n) is 4.53. The number of hydrogen-bond donors (Lipinski definition) is 3. The summed E-state index contributed by atoms with van der Waals surface area (Å²) in [6.07, 6.45) is 0. The zero-order valence-electron chi connectivity index (χ0n) is 24.1. The molecule has 0 radical (unpaired) electrons. The first-order valence-corrected chi connectivity index (χ1v) is 16.6. The molecular formula is C27H50O6Si2. The van der Waals surface area contributed by atoms with Gasteiger partial charge in [-0.3, -0.25) is 9.59 Å². The molecule has 0 aliphatic heterocycles. The molecule has 0 unspecified atom stereocenters. The van der Waals surface area contributed by atoms with Gasteiger partial charge in [0, 0.05) is 0 Å². The zero-order chi connectivity index (χ0) is 28.1. The van der Waals surface area contributed by atoms with Crippen molar-refractivity contribution in [1.29, 1.82) is 0 Å². The minimum Gasteiger partial charge on any atom is -0.481 e. The third-order valence-corrected chi connectivity index (χ3v) is 18.6. The van der Waals surface area contributed by atoms with Crippen LogP contribution in [0.3, 0.4) is 0 Å². The number of carbonyl (C=O) groups excluding carboxylic acids is 1. The Labute approximate surface area is 215 Å². The first-order valence-electron chi connectivity index (χ1n) is 12.3. The molecule has 202 valence electrons. The summed E-state index contributed by atoms with van der Waals surface area (Å²) in [6.45, 7) is 23.9. The molecule has 1 aromatic carbocycles. The molecule has 0 spiro atoms. The van der Waals surface area contributed by atoms with Crippen LogP contribution in [0.5, 0.6) is 0 Å². The Balaban J connectivity index is 0.000000720. The first kappa shape index (κ1) is 33.5. The average molecular weight is 527 g/mol. The van der Waals surface area contributed by atoms with Gasteiger partial charge in [-0.05, 0) is 25.7 Å². The maximum Gasteiger partial charge on any atom is 0.305 e. The molecule has 0 heterocycles. The molecule has 0 bridgehead atoms. The summed E-state index contributed by atoms with van der Waals surface area (Å²) in [7, 11) is -5.64. The Morgan fingerprint density at radius 1 is 0.686 bits per heavy atom. The Bertz CT molecular complexity index is 796. The highest BCUT2D eigenvalue weighted by molar-refractivity contribution is 6.81. The van der Waals surface area contributed by atoms with E-state index in [0.717, 1.165) is 5.56 Å². The lowest BCUT2D eigenvalue weighted by Gasteiger charge is -2.46. The Hall–Kier alpha value is -1.49. The van der Waals surface area contributed by atoms with Crippen molar-refractivity contribution in [2.24, 2.45) is 0 Å². The maximum atomic E-state index is 12.2. The van der Waals surface area contributed by atoms with E-state index in [0.29, 0.717) is 0 Å². The highest BCUT2D eigenvalue weighted by atomic mass is 28.4. The topological polar surface area (TPSA) is 104 Å². The summed E-state index contributed by atoms with van der Waals surface area (Å²) >= 11 is 0. The minimum absolute atomic E-state index is 0.0833. The number of rotatable bonds is 6. The number of carboxylic acid groups (broad SMARTS) is 1. The van der Waals surface area contributed by atoms with Gasteiger partial charge in [0.1, 0.15) is 6.61 Å². The van der Waals surface area contributed by atoms with E-state index in [4.69, 9.17) is 9.84 Å². The second-order valence-corrected chi connectivity index (χ2v) is 23.8. The standard InChI is InChI=1S/C17H28O3Si.C10H22O3Si/c1-16(2,3)21(19,17(4,5)6)13-15(18)20-12-14-10-8-7-9-11-14;1-9(2,3)14(13,7-8(11)12)10(4,5)6/h7-11,19H,12-13H2,1-6H3;13H,7H2,1-6H3,(H,11,12). The second kappa shape index (κ2) is 11.7. The molecule has 0 aliphatic carbocycles. The molecular weight excluding hydrogens is 476 g/mol. The van der Waals surface area contributed by atoms with E-state index in [1.54, 1.807) is 0 Å². The first-order chi connectivity index (χ1) is 15.4. The smallest absolute Gasteiger partial charge is 0.305 e. The van der Waals surface area contributed by atoms with Crippen LogP contribution in [0.25, 0.3) is 0 Å². The van der Waals surface area contributed by atoms with Gasteiger partial charge in [0.25, 0.3) is 0 Å². The predicted octanol–water partition coefficient (Wildman–Crippen LogP) is 6.88. The van der Waals surface area contributed by atoms with Crippen LogP contribution in [0.1, 0.15) is 88.6 Å². The van der Waals surface area contributed by atoms with Crippen LogP contribution in [-0.2, 0) is 20.9 Å². The number of esters is 1. The van der Waals surface area contributed by atoms with E-state index < -0.39 is 22.6 Å². The summed E-state index contributed by atoms with van der Waals surface area (Å²) < 4.78 is 5.35. The van der Waals surface area contributed by atoms with Crippen molar-refractivity contribution < 1.29 is 29.0 Å². The molecule has 1 rings (SSSR count). The van der Waals surface area contributed by atoms with Crippen molar-refractivity contribution in [2.45, 2.75) is 122 Å². The summed E-state index contributed by atoms with van der Waals surface area (Å²) in [6, 6.07) is 9.65. The highest BCUT2D eigenvalue weighted by Crippen LogP contribution is 2.52. The number of benzene rings is 1. The monoisotopic (exact) mass is 526 g/mol. The minimum atomic E-state index is -2.83. The van der Waals surface area contributed by atoms with Crippen LogP contribution in [0.2, 0.25) is 32.2 Å². The lowest BCUT2D eigenvalue weighted by molar-refractivity contribution is -0.142. The van der Waals surface area contributed by atoms with Crippen LogP contribution in [0.15, 0.2) is 30.3 Å². The van der Waals surface area contributed by atoms with E-state index in [1.807, 2.05) is 113 Å². The molecule has 0 aromatic heterocycles. The van der Waals surface area contributed by atoms with Crippen molar-refractivity contribution in [1.82, 2.24) is 0 Å². The van der Waals surface area contributed by atoms with Crippen LogP contribution in [0, 0.1) is 0 Å². The molecule has 0 atom stereocenters. The van der Waals surface area contributed by atoms with Gasteiger partial charge in [-0.1, -0.05) is 113 Å². The molecule has 0 saturated carbocycles. The normalized spacial score (nSPS) is 13.5. The average Bonchev–Trinajstić information content (AvgIpc) is 2.63. The molecule has 6 nitrogen and oxygen atoms in total. The van der Waals surface area contributed by atoms with E-state index >= 15 is 0 Å². The third-order valence-electron chi connectivity index (χ3n) is 7.01. The van der Waals surface area contributed by atoms with Gasteiger partial charge in [0.15, 0.2) is 0 Å². The second-order valence-electron chi connectivity index (χ2n) is 13.6. The fraction of sp³-hybridized carbons (Fsp3) is 0.704. The Kier molecular flexibility index (Phi) is 11.2. The van der Waals surface area contributed by atoms with Crippen LogP contribution in [-0.4, -0.2) is 43.3 Å². The van der Waals surface area contributed by atoms with Gasteiger partial charge in [-0.25, -0.2) is 0 Å². The van der Waals surface area contributed by atoms with E-state index in [1.165, 1.54) is 0 Å². The van der Waals surface area contributed by atoms with Gasteiger partial charge in [-0.15, -0.1) is 0 Å². The quantitative estimate of drug-likeness (QED) is 0.276. The fourth-order valence-corrected chi connectivity index (χ4v) is 12.1. The molecule has 35 heavy (non-hydrogen) atoms. The van der Waals surface area contributed by atoms with Crippen LogP contribution < -0.4 is 0 Å². The van der Waals surface area contributed by atoms with E-state index in [-0.39, 0.29) is 44.8 Å². The van der Waals surface area contributed by atoms with Gasteiger partial charge in [0.05, 0.1) is 12.1 Å². The van der Waals surface area contributed by atoms with Gasteiger partial charge in [0.2, 0.25) is 16.6 Å². The molecule has 8 heteroatoms. The molecule has 0 aliphatic rings. The largest absolute Gasteiger partial charge is 0.481 e. The maximum absolute atomic E-state index is 12.2. The van der Waals surface area contributed by atoms with Gasteiger partial charge in [-0.2, -0.15) is 0 Å². The van der Waals surface area contributed by atoms with E-state index in [9.17, 15) is 19.2 Å². The van der Waals surface area contributed by atoms with Crippen molar-refractivity contribution in [3.8, 4) is 0 Å². The van der Waals surface area contributed by atoms with Crippen LogP contribution >= 0.6 is 0 Å². The van der Waals surface area contributed by atoms with Crippen molar-refractivity contribution in [3.63, 3.8) is 0 Å². The summed E-state index contributed by atoms with van der Waals surface area (Å²) in [5.74, 6) is -1.21. The van der Waals surface area contributed by atoms with E-state index in [2.05, 4.69) is 0 Å². The predicted molar refractivity (Wildman–Crippen MR) is 148 cm³/mol. The zero-order valence-corrected chi connectivity index (χ0v) is 26.1. The SMILES string of the molecule is CC(C)(C)[Si](O)(CC(=O)O)C(C)(C)C.CC(C)(C)[Si](O)(CC(=O)OCc1ccccc1)C(C)(C)C. The number of aliphatic carboxylic acids is 1. The number of hydrogen-bond acceptors (Lipinski definition) is 5. The molecule has 0 saturated heterocycles. The summed E-state index contributed by atoms with van der Waals surface area (Å²) in [4.78, 5) is 44.8. The summed E-state index contributed by atoms with van der Waals surface area (Å²) in [5, 5.41) is 7.66. The Morgan fingerprint density at radius 3 is 1.31 bits per heavy atom. The highest BCUT2D eigenvalue weighted by Gasteiger charge is 2.54. The number of carboxylic acids is 1. The molecule has 3 N–H and O–H groups in total. The van der Waals surface area contributed by atoms with Crippen LogP contribution in [0.4, 0.5) is 0 Å². The number of ether oxygens (including phenoxy) is 1. The van der Waals surface area contributed by atoms with Crippen molar-refractivity contribution in [2.75, 3.05) is 0 Å². The Morgan fingerprint density at radius 2 is 1.03 bits per heavy atom. The number of carbonyl (C=O) groups is 2.